The Morgan fingerprint density at radius 2 is 2.04 bits per heavy atom. The van der Waals surface area contributed by atoms with Gasteiger partial charge >= 0.3 is 6.03 Å². The van der Waals surface area contributed by atoms with Crippen LogP contribution in [0.15, 0.2) is 24.3 Å². The summed E-state index contributed by atoms with van der Waals surface area (Å²) in [5, 5.41) is 5.61. The summed E-state index contributed by atoms with van der Waals surface area (Å²) >= 11 is 0. The molecule has 7 heteroatoms. The summed E-state index contributed by atoms with van der Waals surface area (Å²) < 4.78 is 5.09. The van der Waals surface area contributed by atoms with Crippen molar-refractivity contribution in [2.24, 2.45) is 5.92 Å². The average molecular weight is 359 g/mol. The SMILES string of the molecule is COc1ccc(CNC(=O)CN2C(=O)N[C@]3(CCCC[C@H]3C)C2=O)cc1. The zero-order valence-electron chi connectivity index (χ0n) is 15.2. The number of hydrogen-bond donors (Lipinski definition) is 2. The van der Waals surface area contributed by atoms with E-state index in [9.17, 15) is 14.4 Å². The van der Waals surface area contributed by atoms with Gasteiger partial charge in [0, 0.05) is 6.54 Å². The molecule has 0 aromatic heterocycles. The maximum absolute atomic E-state index is 12.8. The van der Waals surface area contributed by atoms with Crippen molar-refractivity contribution in [2.45, 2.75) is 44.7 Å². The lowest BCUT2D eigenvalue weighted by Gasteiger charge is -2.36. The Morgan fingerprint density at radius 1 is 1.31 bits per heavy atom. The van der Waals surface area contributed by atoms with Crippen LogP contribution in [0.4, 0.5) is 4.79 Å². The summed E-state index contributed by atoms with van der Waals surface area (Å²) in [5.74, 6) is 0.200. The molecule has 3 rings (SSSR count). The van der Waals surface area contributed by atoms with Gasteiger partial charge in [-0.2, -0.15) is 0 Å². The first kappa shape index (κ1) is 18.2. The van der Waals surface area contributed by atoms with E-state index >= 15 is 0 Å². The molecule has 140 valence electrons. The van der Waals surface area contributed by atoms with Crippen LogP contribution in [0, 0.1) is 5.92 Å². The van der Waals surface area contributed by atoms with E-state index in [0.29, 0.717) is 13.0 Å². The predicted molar refractivity (Wildman–Crippen MR) is 95.4 cm³/mol. The van der Waals surface area contributed by atoms with Gasteiger partial charge in [-0.05, 0) is 36.5 Å². The molecular formula is C19H25N3O4. The van der Waals surface area contributed by atoms with Crippen molar-refractivity contribution in [1.82, 2.24) is 15.5 Å². The minimum absolute atomic E-state index is 0.0834. The summed E-state index contributed by atoms with van der Waals surface area (Å²) in [5.41, 5.74) is 0.0831. The first-order chi connectivity index (χ1) is 12.5. The molecule has 0 bridgehead atoms. The molecule has 1 spiro atoms. The summed E-state index contributed by atoms with van der Waals surface area (Å²) in [7, 11) is 1.59. The summed E-state index contributed by atoms with van der Waals surface area (Å²) in [6.07, 6.45) is 3.52. The first-order valence-corrected chi connectivity index (χ1v) is 9.00. The van der Waals surface area contributed by atoms with E-state index in [-0.39, 0.29) is 24.3 Å². The van der Waals surface area contributed by atoms with Gasteiger partial charge in [-0.15, -0.1) is 0 Å². The molecule has 1 aliphatic heterocycles. The molecule has 4 amide bonds. The highest BCUT2D eigenvalue weighted by molar-refractivity contribution is 6.09. The fourth-order valence-corrected chi connectivity index (χ4v) is 3.78. The van der Waals surface area contributed by atoms with E-state index in [1.807, 2.05) is 31.2 Å². The Kier molecular flexibility index (Phi) is 5.15. The van der Waals surface area contributed by atoms with Crippen LogP contribution in [0.25, 0.3) is 0 Å². The molecule has 1 saturated heterocycles. The molecule has 1 saturated carbocycles. The van der Waals surface area contributed by atoms with Gasteiger partial charge in [0.2, 0.25) is 5.91 Å². The molecular weight excluding hydrogens is 334 g/mol. The van der Waals surface area contributed by atoms with Gasteiger partial charge in [0.05, 0.1) is 7.11 Å². The van der Waals surface area contributed by atoms with Crippen molar-refractivity contribution >= 4 is 17.8 Å². The molecule has 7 nitrogen and oxygen atoms in total. The highest BCUT2D eigenvalue weighted by Crippen LogP contribution is 2.38. The number of carbonyl (C=O) groups excluding carboxylic acids is 3. The van der Waals surface area contributed by atoms with E-state index in [1.54, 1.807) is 7.11 Å². The average Bonchev–Trinajstić information content (AvgIpc) is 2.88. The number of methoxy groups -OCH3 is 1. The third-order valence-electron chi connectivity index (χ3n) is 5.45. The van der Waals surface area contributed by atoms with Crippen LogP contribution >= 0.6 is 0 Å². The zero-order valence-corrected chi connectivity index (χ0v) is 15.2. The summed E-state index contributed by atoms with van der Waals surface area (Å²) in [4.78, 5) is 38.4. The molecule has 0 unspecified atom stereocenters. The van der Waals surface area contributed by atoms with Crippen molar-refractivity contribution in [3.8, 4) is 5.75 Å². The normalized spacial score (nSPS) is 25.3. The quantitative estimate of drug-likeness (QED) is 0.785. The van der Waals surface area contributed by atoms with Crippen LogP contribution < -0.4 is 15.4 Å². The Hall–Kier alpha value is -2.57. The van der Waals surface area contributed by atoms with Crippen LogP contribution in [0.5, 0.6) is 5.75 Å². The van der Waals surface area contributed by atoms with Crippen molar-refractivity contribution in [1.29, 1.82) is 0 Å². The molecule has 1 aromatic carbocycles. The minimum atomic E-state index is -0.828. The molecule has 2 aliphatic rings. The van der Waals surface area contributed by atoms with E-state index < -0.39 is 11.6 Å². The maximum Gasteiger partial charge on any atom is 0.325 e. The standard InChI is InChI=1S/C19H25N3O4/c1-13-5-3-4-10-19(13)17(24)22(18(25)21-19)12-16(23)20-11-14-6-8-15(26-2)9-7-14/h6-9,13H,3-5,10-12H2,1-2H3,(H,20,23)(H,21,25)/t13-,19+/m1/s1. The van der Waals surface area contributed by atoms with Gasteiger partial charge in [-0.25, -0.2) is 4.79 Å². The topological polar surface area (TPSA) is 87.7 Å². The fraction of sp³-hybridized carbons (Fsp3) is 0.526. The summed E-state index contributed by atoms with van der Waals surface area (Å²) in [6, 6.07) is 6.86. The lowest BCUT2D eigenvalue weighted by atomic mass is 9.73. The predicted octanol–water partition coefficient (Wildman–Crippen LogP) is 1.81. The number of nitrogens with zero attached hydrogens (tertiary/aromatic N) is 1. The molecule has 2 fully saturated rings. The second kappa shape index (κ2) is 7.35. The van der Waals surface area contributed by atoms with E-state index in [0.717, 1.165) is 35.5 Å². The van der Waals surface area contributed by atoms with Crippen LogP contribution in [0.1, 0.15) is 38.2 Å². The maximum atomic E-state index is 12.8. The van der Waals surface area contributed by atoms with Gasteiger partial charge in [-0.3, -0.25) is 14.5 Å². The number of imide groups is 1. The highest BCUT2D eigenvalue weighted by atomic mass is 16.5. The van der Waals surface area contributed by atoms with Crippen LogP contribution in [-0.4, -0.2) is 41.9 Å². The molecule has 1 heterocycles. The number of nitrogens with one attached hydrogen (secondary N) is 2. The van der Waals surface area contributed by atoms with E-state index in [4.69, 9.17) is 4.74 Å². The number of benzene rings is 1. The highest BCUT2D eigenvalue weighted by Gasteiger charge is 2.55. The molecule has 2 N–H and O–H groups in total. The number of ether oxygens (including phenoxy) is 1. The van der Waals surface area contributed by atoms with Crippen molar-refractivity contribution in [2.75, 3.05) is 13.7 Å². The van der Waals surface area contributed by atoms with Gasteiger partial charge in [0.1, 0.15) is 17.8 Å². The van der Waals surface area contributed by atoms with Crippen LogP contribution in [-0.2, 0) is 16.1 Å². The monoisotopic (exact) mass is 359 g/mol. The van der Waals surface area contributed by atoms with Crippen molar-refractivity contribution < 1.29 is 19.1 Å². The molecule has 0 radical (unpaired) electrons. The Morgan fingerprint density at radius 3 is 2.69 bits per heavy atom. The second-order valence-electron chi connectivity index (χ2n) is 7.06. The zero-order chi connectivity index (χ0) is 18.7. The minimum Gasteiger partial charge on any atom is -0.497 e. The molecule has 1 aliphatic carbocycles. The molecule has 1 aromatic rings. The van der Waals surface area contributed by atoms with Crippen LogP contribution in [0.2, 0.25) is 0 Å². The van der Waals surface area contributed by atoms with Crippen molar-refractivity contribution in [3.05, 3.63) is 29.8 Å². The smallest absolute Gasteiger partial charge is 0.325 e. The summed E-state index contributed by atoms with van der Waals surface area (Å²) in [6.45, 7) is 2.06. The Balaban J connectivity index is 1.58. The second-order valence-corrected chi connectivity index (χ2v) is 7.06. The number of hydrogen-bond acceptors (Lipinski definition) is 4. The Bertz CT molecular complexity index is 703. The lowest BCUT2D eigenvalue weighted by molar-refractivity contribution is -0.137. The Labute approximate surface area is 153 Å². The fourth-order valence-electron chi connectivity index (χ4n) is 3.78. The lowest BCUT2D eigenvalue weighted by Crippen LogP contribution is -2.54. The van der Waals surface area contributed by atoms with Gasteiger partial charge in [0.25, 0.3) is 5.91 Å². The third-order valence-corrected chi connectivity index (χ3v) is 5.45. The molecule has 26 heavy (non-hydrogen) atoms. The van der Waals surface area contributed by atoms with Gasteiger partial charge in [0.15, 0.2) is 0 Å². The van der Waals surface area contributed by atoms with E-state index in [1.165, 1.54) is 0 Å². The third kappa shape index (κ3) is 3.38. The van der Waals surface area contributed by atoms with E-state index in [2.05, 4.69) is 10.6 Å². The number of carbonyl (C=O) groups is 3. The number of amides is 4. The number of urea groups is 1. The van der Waals surface area contributed by atoms with Gasteiger partial charge < -0.3 is 15.4 Å². The number of rotatable bonds is 5. The largest absolute Gasteiger partial charge is 0.497 e. The van der Waals surface area contributed by atoms with Gasteiger partial charge in [-0.1, -0.05) is 31.9 Å². The molecule has 2 atom stereocenters. The van der Waals surface area contributed by atoms with Crippen LogP contribution in [0.3, 0.4) is 0 Å². The van der Waals surface area contributed by atoms with Crippen molar-refractivity contribution in [3.63, 3.8) is 0 Å². The first-order valence-electron chi connectivity index (χ1n) is 9.00.